The molecule has 22 heavy (non-hydrogen) atoms. The Kier molecular flexibility index (Phi) is 4.83. The van der Waals surface area contributed by atoms with Crippen LogP contribution >= 0.6 is 0 Å². The summed E-state index contributed by atoms with van der Waals surface area (Å²) in [4.78, 5) is 38.1. The number of carbonyl (C=O) groups excluding carboxylic acids is 2. The van der Waals surface area contributed by atoms with Crippen LogP contribution in [0.5, 0.6) is 0 Å². The van der Waals surface area contributed by atoms with Crippen molar-refractivity contribution in [1.82, 2.24) is 0 Å². The number of rotatable bonds is 4. The van der Waals surface area contributed by atoms with Gasteiger partial charge in [0.1, 0.15) is 5.76 Å². The highest BCUT2D eigenvalue weighted by Crippen LogP contribution is 2.20. The van der Waals surface area contributed by atoms with E-state index in [1.807, 2.05) is 0 Å². The second-order valence-electron chi connectivity index (χ2n) is 4.89. The van der Waals surface area contributed by atoms with E-state index < -0.39 is 5.97 Å². The van der Waals surface area contributed by atoms with E-state index in [4.69, 9.17) is 5.11 Å². The van der Waals surface area contributed by atoms with Crippen LogP contribution in [0.2, 0.25) is 0 Å². The van der Waals surface area contributed by atoms with E-state index in [0.717, 1.165) is 0 Å². The van der Waals surface area contributed by atoms with Gasteiger partial charge in [0, 0.05) is 25.5 Å². The van der Waals surface area contributed by atoms with Gasteiger partial charge < -0.3 is 10.2 Å². The summed E-state index contributed by atoms with van der Waals surface area (Å²) in [6, 6.07) is 5.89. The largest absolute Gasteiger partial charge is 0.511 e. The Morgan fingerprint density at radius 1 is 1.09 bits per heavy atom. The molecule has 0 unspecified atom stereocenters. The van der Waals surface area contributed by atoms with Gasteiger partial charge in [0.25, 0.3) is 0 Å². The number of Topliss-reactive ketones (excluding diaryl/α,β-unsaturated/α-hetero) is 2. The molecule has 0 amide bonds. The number of aromatic carboxylic acids is 1. The van der Waals surface area contributed by atoms with Crippen molar-refractivity contribution >= 4 is 29.4 Å². The average Bonchev–Trinajstić information content (AvgIpc) is 2.47. The van der Waals surface area contributed by atoms with Crippen molar-refractivity contribution in [2.24, 2.45) is 4.99 Å². The zero-order chi connectivity index (χ0) is 16.1. The van der Waals surface area contributed by atoms with Crippen molar-refractivity contribution in [1.29, 1.82) is 0 Å². The van der Waals surface area contributed by atoms with Crippen LogP contribution in [-0.4, -0.2) is 34.0 Å². The Labute approximate surface area is 126 Å². The van der Waals surface area contributed by atoms with E-state index in [-0.39, 0.29) is 47.7 Å². The van der Waals surface area contributed by atoms with Crippen molar-refractivity contribution < 1.29 is 24.6 Å². The fourth-order valence-electron chi connectivity index (χ4n) is 2.17. The number of hydrogen-bond donors (Lipinski definition) is 2. The van der Waals surface area contributed by atoms with Crippen molar-refractivity contribution in [3.63, 3.8) is 0 Å². The topological polar surface area (TPSA) is 104 Å². The molecular formula is C16H15NO5. The van der Waals surface area contributed by atoms with Crippen LogP contribution in [0.15, 0.2) is 40.6 Å². The van der Waals surface area contributed by atoms with Gasteiger partial charge in [-0.15, -0.1) is 0 Å². The SMILES string of the molecule is O=C1CCCC(=O)C1=C(O)CC=Nc1ccc(C(=O)O)cc1. The fraction of sp³-hybridized carbons (Fsp3) is 0.250. The molecule has 114 valence electrons. The molecule has 0 heterocycles. The molecule has 1 aromatic rings. The van der Waals surface area contributed by atoms with Crippen LogP contribution in [0.4, 0.5) is 5.69 Å². The van der Waals surface area contributed by atoms with Gasteiger partial charge in [-0.2, -0.15) is 0 Å². The quantitative estimate of drug-likeness (QED) is 0.385. The van der Waals surface area contributed by atoms with Crippen LogP contribution in [-0.2, 0) is 9.59 Å². The smallest absolute Gasteiger partial charge is 0.335 e. The summed E-state index contributed by atoms with van der Waals surface area (Å²) in [5, 5.41) is 18.7. The van der Waals surface area contributed by atoms with Crippen LogP contribution in [0.3, 0.4) is 0 Å². The lowest BCUT2D eigenvalue weighted by Gasteiger charge is -2.12. The van der Waals surface area contributed by atoms with Crippen molar-refractivity contribution in [2.75, 3.05) is 0 Å². The van der Waals surface area contributed by atoms with Gasteiger partial charge in [0.15, 0.2) is 11.6 Å². The lowest BCUT2D eigenvalue weighted by Crippen LogP contribution is -2.20. The molecule has 1 aromatic carbocycles. The van der Waals surface area contributed by atoms with Gasteiger partial charge in [-0.3, -0.25) is 14.6 Å². The number of aliphatic imine (C=N–C) groups is 1. The zero-order valence-corrected chi connectivity index (χ0v) is 11.8. The first kappa shape index (κ1) is 15.6. The number of ketones is 2. The van der Waals surface area contributed by atoms with Gasteiger partial charge in [-0.05, 0) is 30.7 Å². The molecule has 0 spiro atoms. The molecule has 1 aliphatic carbocycles. The minimum atomic E-state index is -1.02. The fourth-order valence-corrected chi connectivity index (χ4v) is 2.17. The summed E-state index contributed by atoms with van der Waals surface area (Å²) < 4.78 is 0. The maximum atomic E-state index is 11.6. The van der Waals surface area contributed by atoms with Crippen molar-refractivity contribution in [3.05, 3.63) is 41.2 Å². The predicted octanol–water partition coefficient (Wildman–Crippen LogP) is 2.61. The maximum absolute atomic E-state index is 11.6. The van der Waals surface area contributed by atoms with E-state index in [9.17, 15) is 19.5 Å². The summed E-state index contributed by atoms with van der Waals surface area (Å²) in [5.41, 5.74) is 0.560. The maximum Gasteiger partial charge on any atom is 0.335 e. The van der Waals surface area contributed by atoms with E-state index in [1.54, 1.807) is 0 Å². The first-order valence-electron chi connectivity index (χ1n) is 6.83. The third-order valence-electron chi connectivity index (χ3n) is 3.29. The molecule has 0 aromatic heterocycles. The van der Waals surface area contributed by atoms with Gasteiger partial charge in [0.2, 0.25) is 0 Å². The summed E-state index contributed by atoms with van der Waals surface area (Å²) in [5.74, 6) is -1.94. The molecule has 0 saturated heterocycles. The molecule has 2 N–H and O–H groups in total. The standard InChI is InChI=1S/C16H15NO5/c18-12-2-1-3-13(19)15(12)14(20)8-9-17-11-6-4-10(5-7-11)16(21)22/h4-7,9,20H,1-3,8H2,(H,21,22). The third-order valence-corrected chi connectivity index (χ3v) is 3.29. The molecular weight excluding hydrogens is 286 g/mol. The number of carboxylic acids is 1. The monoisotopic (exact) mass is 301 g/mol. The molecule has 2 rings (SSSR count). The number of carbonyl (C=O) groups is 3. The summed E-state index contributed by atoms with van der Waals surface area (Å²) >= 11 is 0. The minimum Gasteiger partial charge on any atom is -0.511 e. The summed E-state index contributed by atoms with van der Waals surface area (Å²) in [7, 11) is 0. The first-order valence-corrected chi connectivity index (χ1v) is 6.83. The molecule has 0 aliphatic heterocycles. The Hall–Kier alpha value is -2.76. The summed E-state index contributed by atoms with van der Waals surface area (Å²) in [6.07, 6.45) is 2.44. The Bertz CT molecular complexity index is 652. The van der Waals surface area contributed by atoms with Crippen LogP contribution < -0.4 is 0 Å². The normalized spacial score (nSPS) is 15.4. The number of aliphatic hydroxyl groups is 1. The minimum absolute atomic E-state index is 0.0203. The molecule has 0 atom stereocenters. The molecule has 6 heteroatoms. The number of benzene rings is 1. The number of nitrogens with zero attached hydrogens (tertiary/aromatic N) is 1. The number of allylic oxidation sites excluding steroid dienone is 2. The van der Waals surface area contributed by atoms with Crippen molar-refractivity contribution in [2.45, 2.75) is 25.7 Å². The average molecular weight is 301 g/mol. The van der Waals surface area contributed by atoms with Gasteiger partial charge in [-0.25, -0.2) is 4.79 Å². The van der Waals surface area contributed by atoms with E-state index in [1.165, 1.54) is 30.5 Å². The van der Waals surface area contributed by atoms with Crippen molar-refractivity contribution in [3.8, 4) is 0 Å². The molecule has 1 saturated carbocycles. The Morgan fingerprint density at radius 2 is 1.68 bits per heavy atom. The summed E-state index contributed by atoms with van der Waals surface area (Å²) in [6.45, 7) is 0. The first-order chi connectivity index (χ1) is 10.5. The Morgan fingerprint density at radius 3 is 2.23 bits per heavy atom. The zero-order valence-electron chi connectivity index (χ0n) is 11.8. The molecule has 0 radical (unpaired) electrons. The number of carboxylic acid groups (broad SMARTS) is 1. The van der Waals surface area contributed by atoms with Gasteiger partial charge in [-0.1, -0.05) is 0 Å². The highest BCUT2D eigenvalue weighted by atomic mass is 16.4. The van der Waals surface area contributed by atoms with Crippen LogP contribution in [0.1, 0.15) is 36.0 Å². The molecule has 0 bridgehead atoms. The molecule has 6 nitrogen and oxygen atoms in total. The van der Waals surface area contributed by atoms with Crippen LogP contribution in [0, 0.1) is 0 Å². The van der Waals surface area contributed by atoms with Crippen LogP contribution in [0.25, 0.3) is 0 Å². The van der Waals surface area contributed by atoms with E-state index in [0.29, 0.717) is 12.1 Å². The lowest BCUT2D eigenvalue weighted by atomic mass is 9.91. The van der Waals surface area contributed by atoms with Gasteiger partial charge >= 0.3 is 5.97 Å². The number of aliphatic hydroxyl groups excluding tert-OH is 1. The highest BCUT2D eigenvalue weighted by molar-refractivity contribution is 6.22. The van der Waals surface area contributed by atoms with E-state index >= 15 is 0 Å². The van der Waals surface area contributed by atoms with E-state index in [2.05, 4.69) is 4.99 Å². The predicted molar refractivity (Wildman–Crippen MR) is 79.7 cm³/mol. The molecule has 1 fully saturated rings. The third kappa shape index (κ3) is 3.66. The van der Waals surface area contributed by atoms with Gasteiger partial charge in [0.05, 0.1) is 16.8 Å². The second-order valence-corrected chi connectivity index (χ2v) is 4.89. The molecule has 1 aliphatic rings. The second kappa shape index (κ2) is 6.80. The highest BCUT2D eigenvalue weighted by Gasteiger charge is 2.26. The lowest BCUT2D eigenvalue weighted by molar-refractivity contribution is -0.124. The number of hydrogen-bond acceptors (Lipinski definition) is 5. The Balaban J connectivity index is 2.06.